The Hall–Kier alpha value is -1.69. The Morgan fingerprint density at radius 3 is 2.88 bits per heavy atom. The van der Waals surface area contributed by atoms with Crippen LogP contribution in [0.25, 0.3) is 0 Å². The molecule has 82 valence electrons. The predicted molar refractivity (Wildman–Crippen MR) is 56.9 cm³/mol. The largest absolute Gasteiger partial charge is 0.311 e. The van der Waals surface area contributed by atoms with E-state index in [1.807, 2.05) is 0 Å². The molecule has 2 rings (SSSR count). The van der Waals surface area contributed by atoms with Gasteiger partial charge in [0.05, 0.1) is 4.90 Å². The minimum Gasteiger partial charge on any atom is -0.311 e. The number of carbonyl (C=O) groups excluding carboxylic acids is 1. The van der Waals surface area contributed by atoms with Crippen molar-refractivity contribution in [3.8, 4) is 0 Å². The van der Waals surface area contributed by atoms with Gasteiger partial charge in [0.2, 0.25) is 0 Å². The maximum atomic E-state index is 13.5. The number of aldehydes is 1. The summed E-state index contributed by atoms with van der Waals surface area (Å²) in [6.07, 6.45) is 2.15. The highest BCUT2D eigenvalue weighted by Gasteiger charge is 2.08. The number of aryl methyl sites for hydroxylation is 1. The Balaban J connectivity index is 2.29. The molecule has 0 bridgehead atoms. The molecular weight excluding hydrogens is 229 g/mol. The first kappa shape index (κ1) is 10.8. The van der Waals surface area contributed by atoms with E-state index in [1.165, 1.54) is 17.8 Å². The van der Waals surface area contributed by atoms with Crippen LogP contribution in [-0.4, -0.2) is 21.1 Å². The van der Waals surface area contributed by atoms with Gasteiger partial charge >= 0.3 is 0 Å². The number of hydrogen-bond acceptors (Lipinski definition) is 4. The average Bonchev–Trinajstić information content (AvgIpc) is 2.67. The summed E-state index contributed by atoms with van der Waals surface area (Å²) in [4.78, 5) is 10.9. The van der Waals surface area contributed by atoms with Gasteiger partial charge in [-0.2, -0.15) is 0 Å². The molecule has 0 radical (unpaired) electrons. The van der Waals surface area contributed by atoms with Crippen molar-refractivity contribution in [2.45, 2.75) is 10.1 Å². The minimum atomic E-state index is -0.433. The number of aromatic nitrogens is 3. The second kappa shape index (κ2) is 4.44. The van der Waals surface area contributed by atoms with Crippen LogP contribution in [0.15, 0.2) is 34.6 Å². The lowest BCUT2D eigenvalue weighted by Gasteiger charge is -2.02. The molecule has 0 aliphatic carbocycles. The molecule has 0 aliphatic rings. The molecule has 0 N–H and O–H groups in total. The number of halogens is 1. The molecule has 0 aliphatic heterocycles. The summed E-state index contributed by atoms with van der Waals surface area (Å²) in [5, 5.41) is 8.12. The summed E-state index contributed by atoms with van der Waals surface area (Å²) in [6, 6.07) is 4.32. The van der Waals surface area contributed by atoms with Crippen LogP contribution in [0.5, 0.6) is 0 Å². The Labute approximate surface area is 95.5 Å². The molecular formula is C10H8FN3OS. The summed E-state index contributed by atoms with van der Waals surface area (Å²) in [6.45, 7) is 0. The van der Waals surface area contributed by atoms with E-state index in [-0.39, 0.29) is 0 Å². The van der Waals surface area contributed by atoms with Gasteiger partial charge in [-0.25, -0.2) is 4.39 Å². The molecule has 0 amide bonds. The summed E-state index contributed by atoms with van der Waals surface area (Å²) < 4.78 is 15.2. The zero-order valence-electron chi connectivity index (χ0n) is 8.42. The second-order valence-electron chi connectivity index (χ2n) is 3.13. The fourth-order valence-corrected chi connectivity index (χ4v) is 1.90. The van der Waals surface area contributed by atoms with E-state index in [4.69, 9.17) is 0 Å². The van der Waals surface area contributed by atoms with Crippen LogP contribution < -0.4 is 0 Å². The van der Waals surface area contributed by atoms with Gasteiger partial charge in [0.25, 0.3) is 0 Å². The zero-order valence-corrected chi connectivity index (χ0v) is 9.24. The lowest BCUT2D eigenvalue weighted by Crippen LogP contribution is -1.91. The number of nitrogens with zero attached hydrogens (tertiary/aromatic N) is 3. The fourth-order valence-electron chi connectivity index (χ4n) is 1.14. The third-order valence-electron chi connectivity index (χ3n) is 1.96. The van der Waals surface area contributed by atoms with Gasteiger partial charge in [0.15, 0.2) is 5.16 Å². The number of benzene rings is 1. The van der Waals surface area contributed by atoms with Crippen LogP contribution in [-0.2, 0) is 7.05 Å². The van der Waals surface area contributed by atoms with Crippen LogP contribution in [0.4, 0.5) is 4.39 Å². The lowest BCUT2D eigenvalue weighted by molar-refractivity contribution is 0.112. The molecule has 1 heterocycles. The molecule has 1 aromatic carbocycles. The van der Waals surface area contributed by atoms with Gasteiger partial charge in [-0.3, -0.25) is 4.79 Å². The van der Waals surface area contributed by atoms with Crippen LogP contribution >= 0.6 is 11.8 Å². The van der Waals surface area contributed by atoms with Crippen molar-refractivity contribution in [1.82, 2.24) is 14.8 Å². The molecule has 6 heteroatoms. The van der Waals surface area contributed by atoms with Crippen molar-refractivity contribution in [2.75, 3.05) is 0 Å². The number of carbonyl (C=O) groups is 1. The lowest BCUT2D eigenvalue weighted by atomic mass is 10.2. The van der Waals surface area contributed by atoms with E-state index >= 15 is 0 Å². The summed E-state index contributed by atoms with van der Waals surface area (Å²) >= 11 is 1.17. The van der Waals surface area contributed by atoms with E-state index in [9.17, 15) is 9.18 Å². The second-order valence-corrected chi connectivity index (χ2v) is 4.14. The van der Waals surface area contributed by atoms with Crippen LogP contribution in [0.3, 0.4) is 0 Å². The van der Waals surface area contributed by atoms with E-state index in [0.29, 0.717) is 21.9 Å². The number of rotatable bonds is 3. The highest BCUT2D eigenvalue weighted by Crippen LogP contribution is 2.27. The smallest absolute Gasteiger partial charge is 0.195 e. The molecule has 0 spiro atoms. The quantitative estimate of drug-likeness (QED) is 0.765. The van der Waals surface area contributed by atoms with Gasteiger partial charge in [-0.15, -0.1) is 10.2 Å². The number of hydrogen-bond donors (Lipinski definition) is 0. The predicted octanol–water partition coefficient (Wildman–Crippen LogP) is 1.92. The Morgan fingerprint density at radius 1 is 1.50 bits per heavy atom. The van der Waals surface area contributed by atoms with Crippen LogP contribution in [0.1, 0.15) is 10.4 Å². The Morgan fingerprint density at radius 2 is 2.31 bits per heavy atom. The molecule has 0 atom stereocenters. The average molecular weight is 237 g/mol. The first-order chi connectivity index (χ1) is 7.70. The van der Waals surface area contributed by atoms with E-state index < -0.39 is 5.82 Å². The molecule has 0 saturated carbocycles. The van der Waals surface area contributed by atoms with Crippen LogP contribution in [0, 0.1) is 5.82 Å². The van der Waals surface area contributed by atoms with E-state index in [2.05, 4.69) is 10.2 Å². The van der Waals surface area contributed by atoms with Crippen molar-refractivity contribution in [3.05, 3.63) is 35.9 Å². The van der Waals surface area contributed by atoms with E-state index in [1.54, 1.807) is 30.1 Å². The van der Waals surface area contributed by atoms with Crippen molar-refractivity contribution < 1.29 is 9.18 Å². The van der Waals surface area contributed by atoms with Gasteiger partial charge in [-0.05, 0) is 23.9 Å². The monoisotopic (exact) mass is 237 g/mol. The first-order valence-electron chi connectivity index (χ1n) is 4.47. The standard InChI is InChI=1S/C10H8FN3OS/c1-14-6-12-13-10(14)16-9-3-2-7(5-15)4-8(9)11/h2-6H,1H3. The molecule has 0 saturated heterocycles. The van der Waals surface area contributed by atoms with Gasteiger partial charge in [0.1, 0.15) is 18.4 Å². The molecule has 1 aromatic heterocycles. The van der Waals surface area contributed by atoms with Crippen molar-refractivity contribution in [2.24, 2.45) is 7.05 Å². The molecule has 0 unspecified atom stereocenters. The molecule has 16 heavy (non-hydrogen) atoms. The SMILES string of the molecule is Cn1cnnc1Sc1ccc(C=O)cc1F. The summed E-state index contributed by atoms with van der Waals surface area (Å²) in [7, 11) is 1.78. The van der Waals surface area contributed by atoms with Crippen LogP contribution in [0.2, 0.25) is 0 Å². The zero-order chi connectivity index (χ0) is 11.5. The highest BCUT2D eigenvalue weighted by molar-refractivity contribution is 7.99. The minimum absolute atomic E-state index is 0.319. The summed E-state index contributed by atoms with van der Waals surface area (Å²) in [5.41, 5.74) is 0.319. The maximum absolute atomic E-state index is 13.5. The third kappa shape index (κ3) is 2.11. The van der Waals surface area contributed by atoms with Crippen molar-refractivity contribution in [3.63, 3.8) is 0 Å². The third-order valence-corrected chi connectivity index (χ3v) is 3.07. The summed E-state index contributed by atoms with van der Waals surface area (Å²) in [5.74, 6) is -0.433. The topological polar surface area (TPSA) is 47.8 Å². The molecule has 2 aromatic rings. The van der Waals surface area contributed by atoms with Gasteiger partial charge in [0, 0.05) is 12.6 Å². The Bertz CT molecular complexity index is 527. The normalized spacial score (nSPS) is 10.4. The van der Waals surface area contributed by atoms with Crippen molar-refractivity contribution >= 4 is 18.0 Å². The van der Waals surface area contributed by atoms with Gasteiger partial charge < -0.3 is 4.57 Å². The highest BCUT2D eigenvalue weighted by atomic mass is 32.2. The molecule has 0 fully saturated rings. The molecule has 4 nitrogen and oxygen atoms in total. The first-order valence-corrected chi connectivity index (χ1v) is 5.29. The van der Waals surface area contributed by atoms with Gasteiger partial charge in [-0.1, -0.05) is 6.07 Å². The fraction of sp³-hybridized carbons (Fsp3) is 0.100. The van der Waals surface area contributed by atoms with Crippen molar-refractivity contribution in [1.29, 1.82) is 0 Å². The van der Waals surface area contributed by atoms with E-state index in [0.717, 1.165) is 0 Å². The Kier molecular flexibility index (Phi) is 3.00. The maximum Gasteiger partial charge on any atom is 0.195 e.